The molecule has 2 N–H and O–H groups in total. The number of ether oxygens (including phenoxy) is 1. The second-order valence-corrected chi connectivity index (χ2v) is 5.66. The molecule has 1 saturated heterocycles. The average Bonchev–Trinajstić information content (AvgIpc) is 2.83. The number of hydrogen-bond donors (Lipinski definition) is 2. The highest BCUT2D eigenvalue weighted by atomic mass is 32.1. The molecule has 0 aliphatic carbocycles. The molecule has 0 saturated carbocycles. The summed E-state index contributed by atoms with van der Waals surface area (Å²) in [6.45, 7) is 4.39. The van der Waals surface area contributed by atoms with Crippen molar-refractivity contribution in [2.45, 2.75) is 25.7 Å². The molecule has 1 fully saturated rings. The Labute approximate surface area is 117 Å². The van der Waals surface area contributed by atoms with Crippen molar-refractivity contribution in [3.8, 4) is 11.8 Å². The molecule has 0 bridgehead atoms. The number of aliphatic hydroxyl groups excluding tert-OH is 2. The van der Waals surface area contributed by atoms with Crippen molar-refractivity contribution in [1.82, 2.24) is 4.90 Å². The van der Waals surface area contributed by atoms with Crippen molar-refractivity contribution in [2.24, 2.45) is 0 Å². The second-order valence-electron chi connectivity index (χ2n) is 4.66. The maximum absolute atomic E-state index is 9.22. The second kappa shape index (κ2) is 7.04. The van der Waals surface area contributed by atoms with Crippen molar-refractivity contribution in [3.05, 3.63) is 21.9 Å². The van der Waals surface area contributed by atoms with E-state index in [2.05, 4.69) is 16.7 Å². The van der Waals surface area contributed by atoms with E-state index in [1.165, 1.54) is 4.88 Å². The van der Waals surface area contributed by atoms with Crippen LogP contribution in [0, 0.1) is 11.8 Å². The molecular weight excluding hydrogens is 262 g/mol. The van der Waals surface area contributed by atoms with Crippen molar-refractivity contribution in [1.29, 1.82) is 0 Å². The Morgan fingerprint density at radius 1 is 1.47 bits per heavy atom. The highest BCUT2D eigenvalue weighted by molar-refractivity contribution is 7.10. The molecule has 1 aromatic rings. The molecule has 1 aliphatic heterocycles. The lowest BCUT2D eigenvalue weighted by Gasteiger charge is -2.35. The zero-order valence-corrected chi connectivity index (χ0v) is 11.8. The standard InChI is InChI=1S/C14H19NO3S/c1-11-7-15(8-13(10-17)18-11)9-14-12(3-2-5-16)4-6-19-14/h4,6,11,13,16-17H,5,7-10H2,1H3. The monoisotopic (exact) mass is 281 g/mol. The smallest absolute Gasteiger partial charge is 0.104 e. The summed E-state index contributed by atoms with van der Waals surface area (Å²) in [5, 5.41) is 20.0. The van der Waals surface area contributed by atoms with Crippen LogP contribution in [0.1, 0.15) is 17.4 Å². The van der Waals surface area contributed by atoms with Crippen LogP contribution in [0.2, 0.25) is 0 Å². The third-order valence-electron chi connectivity index (χ3n) is 3.02. The van der Waals surface area contributed by atoms with Crippen LogP contribution in [0.5, 0.6) is 0 Å². The highest BCUT2D eigenvalue weighted by Gasteiger charge is 2.25. The first-order chi connectivity index (χ1) is 9.22. The van der Waals surface area contributed by atoms with E-state index < -0.39 is 0 Å². The molecule has 0 radical (unpaired) electrons. The fourth-order valence-electron chi connectivity index (χ4n) is 2.28. The highest BCUT2D eigenvalue weighted by Crippen LogP contribution is 2.21. The first kappa shape index (κ1) is 14.5. The summed E-state index contributed by atoms with van der Waals surface area (Å²) in [6, 6.07) is 1.98. The van der Waals surface area contributed by atoms with E-state index in [0.29, 0.717) is 0 Å². The number of thiophene rings is 1. The van der Waals surface area contributed by atoms with Crippen molar-refractivity contribution >= 4 is 11.3 Å². The van der Waals surface area contributed by atoms with Crippen LogP contribution in [0.3, 0.4) is 0 Å². The summed E-state index contributed by atoms with van der Waals surface area (Å²) >= 11 is 1.67. The molecule has 0 spiro atoms. The largest absolute Gasteiger partial charge is 0.394 e. The summed E-state index contributed by atoms with van der Waals surface area (Å²) in [5.74, 6) is 5.66. The molecule has 2 unspecified atom stereocenters. The van der Waals surface area contributed by atoms with Crippen LogP contribution in [-0.2, 0) is 11.3 Å². The maximum Gasteiger partial charge on any atom is 0.104 e. The molecule has 0 aromatic carbocycles. The molecular formula is C14H19NO3S. The van der Waals surface area contributed by atoms with E-state index >= 15 is 0 Å². The van der Waals surface area contributed by atoms with Crippen LogP contribution in [0.15, 0.2) is 11.4 Å². The molecule has 19 heavy (non-hydrogen) atoms. The minimum Gasteiger partial charge on any atom is -0.394 e. The topological polar surface area (TPSA) is 52.9 Å². The Morgan fingerprint density at radius 2 is 2.32 bits per heavy atom. The molecule has 1 aromatic heterocycles. The Kier molecular flexibility index (Phi) is 5.37. The lowest BCUT2D eigenvalue weighted by atomic mass is 10.2. The van der Waals surface area contributed by atoms with E-state index in [1.807, 2.05) is 18.4 Å². The third-order valence-corrected chi connectivity index (χ3v) is 3.93. The molecule has 0 amide bonds. The van der Waals surface area contributed by atoms with Crippen LogP contribution in [0.4, 0.5) is 0 Å². The van der Waals surface area contributed by atoms with Gasteiger partial charge in [-0.3, -0.25) is 4.90 Å². The predicted molar refractivity (Wildman–Crippen MR) is 75.0 cm³/mol. The molecule has 4 nitrogen and oxygen atoms in total. The van der Waals surface area contributed by atoms with Crippen molar-refractivity contribution in [3.63, 3.8) is 0 Å². The van der Waals surface area contributed by atoms with Gasteiger partial charge in [-0.1, -0.05) is 11.8 Å². The summed E-state index contributed by atoms with van der Waals surface area (Å²) in [6.07, 6.45) is 0.0357. The van der Waals surface area contributed by atoms with Gasteiger partial charge in [0.2, 0.25) is 0 Å². The minimum absolute atomic E-state index is 0.0580. The van der Waals surface area contributed by atoms with Gasteiger partial charge in [0.15, 0.2) is 0 Å². The zero-order valence-electron chi connectivity index (χ0n) is 11.0. The molecule has 104 valence electrons. The van der Waals surface area contributed by atoms with E-state index in [0.717, 1.165) is 25.2 Å². The van der Waals surface area contributed by atoms with Crippen molar-refractivity contribution < 1.29 is 14.9 Å². The van der Waals surface area contributed by atoms with Gasteiger partial charge in [-0.05, 0) is 18.4 Å². The van der Waals surface area contributed by atoms with Crippen molar-refractivity contribution in [2.75, 3.05) is 26.3 Å². The van der Waals surface area contributed by atoms with Gasteiger partial charge < -0.3 is 14.9 Å². The summed E-state index contributed by atoms with van der Waals surface area (Å²) < 4.78 is 5.63. The average molecular weight is 281 g/mol. The van der Waals surface area contributed by atoms with Gasteiger partial charge in [-0.15, -0.1) is 11.3 Å². The lowest BCUT2D eigenvalue weighted by molar-refractivity contribution is -0.0970. The van der Waals surface area contributed by atoms with Crippen LogP contribution < -0.4 is 0 Å². The fraction of sp³-hybridized carbons (Fsp3) is 0.571. The van der Waals surface area contributed by atoms with E-state index in [4.69, 9.17) is 9.84 Å². The maximum atomic E-state index is 9.22. The predicted octanol–water partition coefficient (Wildman–Crippen LogP) is 0.674. The van der Waals surface area contributed by atoms with Crippen LogP contribution in [-0.4, -0.2) is 53.6 Å². The van der Waals surface area contributed by atoms with E-state index in [1.54, 1.807) is 11.3 Å². The Hall–Kier alpha value is -0.900. The Morgan fingerprint density at radius 3 is 3.05 bits per heavy atom. The van der Waals surface area contributed by atoms with Gasteiger partial charge in [0.05, 0.1) is 18.8 Å². The quantitative estimate of drug-likeness (QED) is 0.800. The number of hydrogen-bond acceptors (Lipinski definition) is 5. The molecule has 2 rings (SSSR count). The molecule has 5 heteroatoms. The first-order valence-electron chi connectivity index (χ1n) is 6.37. The Bertz CT molecular complexity index is 463. The third kappa shape index (κ3) is 4.03. The SMILES string of the molecule is CC1CN(Cc2sccc2C#CCO)CC(CO)O1. The van der Waals surface area contributed by atoms with Crippen LogP contribution in [0.25, 0.3) is 0 Å². The fourth-order valence-corrected chi connectivity index (χ4v) is 3.15. The summed E-state index contributed by atoms with van der Waals surface area (Å²) in [7, 11) is 0. The number of rotatable bonds is 3. The minimum atomic E-state index is -0.115. The number of aliphatic hydroxyl groups is 2. The van der Waals surface area contributed by atoms with Gasteiger partial charge in [0, 0.05) is 30.1 Å². The van der Waals surface area contributed by atoms with Gasteiger partial charge in [0.1, 0.15) is 6.61 Å². The normalized spacial score (nSPS) is 23.9. The first-order valence-corrected chi connectivity index (χ1v) is 7.25. The molecule has 2 heterocycles. The molecule has 1 aliphatic rings. The van der Waals surface area contributed by atoms with E-state index in [9.17, 15) is 5.11 Å². The van der Waals surface area contributed by atoms with Gasteiger partial charge >= 0.3 is 0 Å². The summed E-state index contributed by atoms with van der Waals surface area (Å²) in [4.78, 5) is 3.48. The van der Waals surface area contributed by atoms with Gasteiger partial charge in [0.25, 0.3) is 0 Å². The number of nitrogens with zero attached hydrogens (tertiary/aromatic N) is 1. The van der Waals surface area contributed by atoms with Crippen LogP contribution >= 0.6 is 11.3 Å². The van der Waals surface area contributed by atoms with Gasteiger partial charge in [-0.25, -0.2) is 0 Å². The zero-order chi connectivity index (χ0) is 13.7. The number of morpholine rings is 1. The lowest BCUT2D eigenvalue weighted by Crippen LogP contribution is -2.47. The molecule has 2 atom stereocenters. The Balaban J connectivity index is 2.02. The van der Waals surface area contributed by atoms with Gasteiger partial charge in [-0.2, -0.15) is 0 Å². The summed E-state index contributed by atoms with van der Waals surface area (Å²) in [5.41, 5.74) is 0.985. The van der Waals surface area contributed by atoms with E-state index in [-0.39, 0.29) is 25.4 Å².